The molecule has 0 aliphatic heterocycles. The van der Waals surface area contributed by atoms with E-state index in [0.29, 0.717) is 17.8 Å². The summed E-state index contributed by atoms with van der Waals surface area (Å²) in [4.78, 5) is 23.8. The smallest absolute Gasteiger partial charge is 0.302 e. The second-order valence-electron chi connectivity index (χ2n) is 10.1. The number of hydrogen-bond donors (Lipinski definition) is 0. The van der Waals surface area contributed by atoms with Gasteiger partial charge in [-0.15, -0.1) is 0 Å². The van der Waals surface area contributed by atoms with E-state index in [2.05, 4.69) is 26.8 Å². The Bertz CT molecular complexity index is 745. The Kier molecular flexibility index (Phi) is 4.44. The van der Waals surface area contributed by atoms with Gasteiger partial charge in [-0.2, -0.15) is 0 Å². The number of rotatable bonds is 2. The van der Waals surface area contributed by atoms with Crippen molar-refractivity contribution in [2.75, 3.05) is 0 Å². The lowest BCUT2D eigenvalue weighted by Crippen LogP contribution is -2.50. The van der Waals surface area contributed by atoms with Crippen LogP contribution in [0.2, 0.25) is 0 Å². The van der Waals surface area contributed by atoms with E-state index in [1.54, 1.807) is 6.92 Å². The molecule has 0 amide bonds. The second kappa shape index (κ2) is 6.32. The third-order valence-corrected chi connectivity index (χ3v) is 8.66. The van der Waals surface area contributed by atoms with Crippen LogP contribution in [0.15, 0.2) is 22.8 Å². The Morgan fingerprint density at radius 2 is 1.74 bits per heavy atom. The molecule has 0 unspecified atom stereocenters. The number of fused-ring (bicyclic) bond motifs is 5. The molecule has 0 bridgehead atoms. The molecule has 0 spiro atoms. The van der Waals surface area contributed by atoms with Crippen LogP contribution in [-0.2, 0) is 14.3 Å². The van der Waals surface area contributed by atoms with E-state index in [0.717, 1.165) is 44.1 Å². The van der Waals surface area contributed by atoms with Gasteiger partial charge >= 0.3 is 5.97 Å². The molecule has 0 aromatic rings. The molecule has 0 aromatic carbocycles. The Morgan fingerprint density at radius 1 is 1.04 bits per heavy atom. The summed E-state index contributed by atoms with van der Waals surface area (Å²) in [6.07, 6.45) is 10.1. The fourth-order valence-corrected chi connectivity index (χ4v) is 7.59. The lowest BCUT2D eigenvalue weighted by atomic mass is 9.47. The lowest BCUT2D eigenvalue weighted by molar-refractivity contribution is -0.148. The molecular formula is C24H34O3. The molecule has 0 N–H and O–H groups in total. The van der Waals surface area contributed by atoms with Crippen LogP contribution in [0.1, 0.15) is 79.6 Å². The molecule has 3 heteroatoms. The van der Waals surface area contributed by atoms with E-state index in [4.69, 9.17) is 4.74 Å². The SMILES string of the molecule is CC(=O)O[C@H]1CC[C@@]2(C)C(=CC[C@H]3[C@H]2CC[C@]2(C)C(C(C)=O)=C(C)C[C@H]32)C1. The third-order valence-electron chi connectivity index (χ3n) is 8.66. The van der Waals surface area contributed by atoms with Gasteiger partial charge in [-0.25, -0.2) is 0 Å². The van der Waals surface area contributed by atoms with Crippen LogP contribution in [0.5, 0.6) is 0 Å². The first-order chi connectivity index (χ1) is 12.7. The maximum atomic E-state index is 12.4. The molecule has 0 radical (unpaired) electrons. The summed E-state index contributed by atoms with van der Waals surface area (Å²) in [5.41, 5.74) is 4.33. The average Bonchev–Trinajstić information content (AvgIpc) is 2.85. The van der Waals surface area contributed by atoms with Crippen molar-refractivity contribution in [3.63, 3.8) is 0 Å². The van der Waals surface area contributed by atoms with Gasteiger partial charge in [-0.05, 0) is 86.5 Å². The van der Waals surface area contributed by atoms with Crippen molar-refractivity contribution in [2.24, 2.45) is 28.6 Å². The molecule has 27 heavy (non-hydrogen) atoms. The van der Waals surface area contributed by atoms with E-state index in [-0.39, 0.29) is 28.7 Å². The molecule has 148 valence electrons. The van der Waals surface area contributed by atoms with Gasteiger partial charge in [0.05, 0.1) is 0 Å². The van der Waals surface area contributed by atoms with Crippen molar-refractivity contribution in [3.05, 3.63) is 22.8 Å². The van der Waals surface area contributed by atoms with Gasteiger partial charge < -0.3 is 4.74 Å². The summed E-state index contributed by atoms with van der Waals surface area (Å²) in [5, 5.41) is 0. The van der Waals surface area contributed by atoms with Gasteiger partial charge in [0, 0.05) is 13.3 Å². The number of hydrogen-bond acceptors (Lipinski definition) is 3. The van der Waals surface area contributed by atoms with E-state index in [9.17, 15) is 9.59 Å². The molecule has 2 fully saturated rings. The van der Waals surface area contributed by atoms with Crippen LogP contribution < -0.4 is 0 Å². The predicted molar refractivity (Wildman–Crippen MR) is 106 cm³/mol. The predicted octanol–water partition coefficient (Wildman–Crippen LogP) is 5.40. The summed E-state index contributed by atoms with van der Waals surface area (Å²) < 4.78 is 5.54. The normalized spacial score (nSPS) is 43.4. The van der Waals surface area contributed by atoms with E-state index < -0.39 is 0 Å². The molecule has 0 aromatic heterocycles. The van der Waals surface area contributed by atoms with Crippen molar-refractivity contribution in [1.82, 2.24) is 0 Å². The largest absolute Gasteiger partial charge is 0.462 e. The van der Waals surface area contributed by atoms with Crippen LogP contribution >= 0.6 is 0 Å². The van der Waals surface area contributed by atoms with Gasteiger partial charge in [0.25, 0.3) is 0 Å². The van der Waals surface area contributed by atoms with Crippen molar-refractivity contribution < 1.29 is 14.3 Å². The number of carbonyl (C=O) groups excluding carboxylic acids is 2. The number of Topliss-reactive ketones (excluding diaryl/α,β-unsaturated/α-hetero) is 1. The zero-order chi connectivity index (χ0) is 19.6. The van der Waals surface area contributed by atoms with Crippen molar-refractivity contribution >= 4 is 11.8 Å². The highest BCUT2D eigenvalue weighted by molar-refractivity contribution is 5.96. The average molecular weight is 371 g/mol. The van der Waals surface area contributed by atoms with Crippen molar-refractivity contribution in [3.8, 4) is 0 Å². The molecule has 0 heterocycles. The molecule has 2 saturated carbocycles. The van der Waals surface area contributed by atoms with Crippen molar-refractivity contribution in [1.29, 1.82) is 0 Å². The van der Waals surface area contributed by atoms with Crippen LogP contribution in [0, 0.1) is 28.6 Å². The van der Waals surface area contributed by atoms with E-state index >= 15 is 0 Å². The molecule has 4 aliphatic rings. The highest BCUT2D eigenvalue weighted by atomic mass is 16.5. The summed E-state index contributed by atoms with van der Waals surface area (Å²) in [6.45, 7) is 10.3. The monoisotopic (exact) mass is 370 g/mol. The van der Waals surface area contributed by atoms with Crippen LogP contribution in [0.4, 0.5) is 0 Å². The quantitative estimate of drug-likeness (QED) is 0.483. The number of ketones is 1. The Labute approximate surface area is 163 Å². The second-order valence-corrected chi connectivity index (χ2v) is 10.1. The third kappa shape index (κ3) is 2.76. The van der Waals surface area contributed by atoms with Crippen LogP contribution in [0.3, 0.4) is 0 Å². The minimum atomic E-state index is -0.157. The molecular weight excluding hydrogens is 336 g/mol. The molecule has 0 saturated heterocycles. The number of ether oxygens (including phenoxy) is 1. The lowest BCUT2D eigenvalue weighted by Gasteiger charge is -2.57. The number of carbonyl (C=O) groups is 2. The minimum Gasteiger partial charge on any atom is -0.462 e. The van der Waals surface area contributed by atoms with E-state index in [1.165, 1.54) is 24.5 Å². The molecule has 6 atom stereocenters. The zero-order valence-corrected chi connectivity index (χ0v) is 17.6. The molecule has 4 rings (SSSR count). The summed E-state index contributed by atoms with van der Waals surface area (Å²) in [5.74, 6) is 2.12. The van der Waals surface area contributed by atoms with Gasteiger partial charge in [0.1, 0.15) is 6.10 Å². The first kappa shape index (κ1) is 19.0. The van der Waals surface area contributed by atoms with Crippen LogP contribution in [-0.4, -0.2) is 17.9 Å². The molecule has 3 nitrogen and oxygen atoms in total. The topological polar surface area (TPSA) is 43.4 Å². The van der Waals surface area contributed by atoms with Gasteiger partial charge in [0.15, 0.2) is 5.78 Å². The zero-order valence-electron chi connectivity index (χ0n) is 17.6. The molecule has 4 aliphatic carbocycles. The minimum absolute atomic E-state index is 0.0620. The Balaban J connectivity index is 1.62. The highest BCUT2D eigenvalue weighted by Gasteiger charge is 2.58. The maximum Gasteiger partial charge on any atom is 0.302 e. The Hall–Kier alpha value is -1.38. The maximum absolute atomic E-state index is 12.4. The fraction of sp³-hybridized carbons (Fsp3) is 0.750. The van der Waals surface area contributed by atoms with Gasteiger partial charge in [-0.1, -0.05) is 31.1 Å². The number of allylic oxidation sites excluding steroid dienone is 3. The number of esters is 1. The highest BCUT2D eigenvalue weighted by Crippen LogP contribution is 2.66. The van der Waals surface area contributed by atoms with Crippen LogP contribution in [0.25, 0.3) is 0 Å². The van der Waals surface area contributed by atoms with Gasteiger partial charge in [0.2, 0.25) is 0 Å². The van der Waals surface area contributed by atoms with Crippen molar-refractivity contribution in [2.45, 2.75) is 85.7 Å². The summed E-state index contributed by atoms with van der Waals surface area (Å²) in [6, 6.07) is 0. The summed E-state index contributed by atoms with van der Waals surface area (Å²) >= 11 is 0. The van der Waals surface area contributed by atoms with E-state index in [1.807, 2.05) is 0 Å². The standard InChI is InChI=1S/C24H34O3/c1-14-12-21-19-7-6-17-13-18(27-16(3)26)8-10-23(17,4)20(19)9-11-24(21,5)22(14)15(2)25/h6,18-21H,7-13H2,1-5H3/t18-,19-,20+,21+,23-,24-/m0/s1. The Morgan fingerprint density at radius 3 is 2.41 bits per heavy atom. The van der Waals surface area contributed by atoms with Gasteiger partial charge in [-0.3, -0.25) is 9.59 Å². The fourth-order valence-electron chi connectivity index (χ4n) is 7.59. The summed E-state index contributed by atoms with van der Waals surface area (Å²) in [7, 11) is 0. The first-order valence-corrected chi connectivity index (χ1v) is 10.7. The first-order valence-electron chi connectivity index (χ1n) is 10.7.